The van der Waals surface area contributed by atoms with Gasteiger partial charge in [-0.3, -0.25) is 0 Å². The summed E-state index contributed by atoms with van der Waals surface area (Å²) in [5.41, 5.74) is 3.64. The van der Waals surface area contributed by atoms with E-state index in [1.54, 1.807) is 0 Å². The average Bonchev–Trinajstić information content (AvgIpc) is 2.31. The van der Waals surface area contributed by atoms with Crippen molar-refractivity contribution in [3.63, 3.8) is 0 Å². The monoisotopic (exact) mass is 187 g/mol. The Bertz CT molecular complexity index is 334. The second-order valence-corrected chi connectivity index (χ2v) is 3.30. The first-order chi connectivity index (χ1) is 6.90. The summed E-state index contributed by atoms with van der Waals surface area (Å²) in [6.45, 7) is 4.00. The summed E-state index contributed by atoms with van der Waals surface area (Å²) in [4.78, 5) is 0. The Hall–Kier alpha value is -1.29. The highest BCUT2D eigenvalue weighted by molar-refractivity contribution is 5.39. The Balaban J connectivity index is 0.000000461. The van der Waals surface area contributed by atoms with Crippen LogP contribution >= 0.6 is 0 Å². The van der Waals surface area contributed by atoms with Gasteiger partial charge in [0, 0.05) is 0 Å². The summed E-state index contributed by atoms with van der Waals surface area (Å²) >= 11 is 0. The third kappa shape index (κ3) is 2.35. The summed E-state index contributed by atoms with van der Waals surface area (Å²) in [5.74, 6) is 0. The van der Waals surface area contributed by atoms with Crippen LogP contribution in [0.1, 0.15) is 43.4 Å². The number of benzene rings is 1. The topological polar surface area (TPSA) is 23.8 Å². The molecule has 0 spiro atoms. The molecule has 0 atom stereocenters. The normalized spacial score (nSPS) is 13.2. The largest absolute Gasteiger partial charge is 0.192 e. The van der Waals surface area contributed by atoms with Gasteiger partial charge >= 0.3 is 0 Å². The zero-order chi connectivity index (χ0) is 10.4. The van der Waals surface area contributed by atoms with E-state index in [4.69, 9.17) is 5.26 Å². The average molecular weight is 187 g/mol. The zero-order valence-electron chi connectivity index (χ0n) is 9.01. The quantitative estimate of drug-likeness (QED) is 0.610. The predicted molar refractivity (Wildman–Crippen MR) is 59.1 cm³/mol. The molecule has 0 heterocycles. The second-order valence-electron chi connectivity index (χ2n) is 3.30. The number of aryl methyl sites for hydroxylation is 2. The first-order valence-electron chi connectivity index (χ1n) is 5.42. The van der Waals surface area contributed by atoms with Crippen molar-refractivity contribution in [2.45, 2.75) is 39.5 Å². The number of nitrogens with zero attached hydrogens (tertiary/aromatic N) is 1. The van der Waals surface area contributed by atoms with E-state index >= 15 is 0 Å². The molecule has 0 N–H and O–H groups in total. The van der Waals surface area contributed by atoms with Crippen molar-refractivity contribution in [3.05, 3.63) is 34.9 Å². The van der Waals surface area contributed by atoms with Gasteiger partial charge in [0.25, 0.3) is 0 Å². The molecule has 1 heteroatoms. The molecule has 74 valence electrons. The molecule has 1 aromatic carbocycles. The summed E-state index contributed by atoms with van der Waals surface area (Å²) < 4.78 is 0. The van der Waals surface area contributed by atoms with Crippen molar-refractivity contribution < 1.29 is 0 Å². The van der Waals surface area contributed by atoms with Crippen LogP contribution in [0.5, 0.6) is 0 Å². The number of fused-ring (bicyclic) bond motifs is 1. The van der Waals surface area contributed by atoms with E-state index in [1.165, 1.54) is 30.4 Å². The maximum Gasteiger partial charge on any atom is 0.0991 e. The maximum atomic E-state index is 8.69. The van der Waals surface area contributed by atoms with Crippen LogP contribution in [-0.4, -0.2) is 0 Å². The number of nitriles is 1. The minimum Gasteiger partial charge on any atom is -0.192 e. The zero-order valence-corrected chi connectivity index (χ0v) is 9.01. The molecule has 0 fully saturated rings. The molecule has 0 radical (unpaired) electrons. The van der Waals surface area contributed by atoms with Crippen molar-refractivity contribution in [2.75, 3.05) is 0 Å². The van der Waals surface area contributed by atoms with E-state index in [0.29, 0.717) is 0 Å². The molecule has 0 amide bonds. The first-order valence-corrected chi connectivity index (χ1v) is 5.42. The fourth-order valence-electron chi connectivity index (χ4n) is 1.80. The number of hydrogen-bond donors (Lipinski definition) is 0. The molecule has 0 saturated carbocycles. The van der Waals surface area contributed by atoms with Crippen molar-refractivity contribution in [2.24, 2.45) is 0 Å². The minimum atomic E-state index is 0.802. The number of hydrogen-bond acceptors (Lipinski definition) is 1. The van der Waals surface area contributed by atoms with Crippen LogP contribution in [-0.2, 0) is 12.8 Å². The lowest BCUT2D eigenvalue weighted by Crippen LogP contribution is -2.02. The Morgan fingerprint density at radius 3 is 2.36 bits per heavy atom. The van der Waals surface area contributed by atoms with Crippen molar-refractivity contribution in [3.8, 4) is 6.07 Å². The van der Waals surface area contributed by atoms with E-state index in [0.717, 1.165) is 12.0 Å². The van der Waals surface area contributed by atoms with Gasteiger partial charge < -0.3 is 0 Å². The van der Waals surface area contributed by atoms with E-state index in [-0.39, 0.29) is 0 Å². The van der Waals surface area contributed by atoms with E-state index in [9.17, 15) is 0 Å². The molecule has 0 saturated heterocycles. The van der Waals surface area contributed by atoms with Crippen LogP contribution in [0, 0.1) is 11.3 Å². The van der Waals surface area contributed by atoms with Crippen molar-refractivity contribution >= 4 is 0 Å². The van der Waals surface area contributed by atoms with E-state index < -0.39 is 0 Å². The molecule has 1 nitrogen and oxygen atoms in total. The Morgan fingerprint density at radius 2 is 1.71 bits per heavy atom. The summed E-state index contributed by atoms with van der Waals surface area (Å²) in [6, 6.07) is 8.24. The molecule has 1 aromatic rings. The highest BCUT2D eigenvalue weighted by atomic mass is 14.2. The molecule has 14 heavy (non-hydrogen) atoms. The van der Waals surface area contributed by atoms with Gasteiger partial charge in [-0.1, -0.05) is 19.9 Å². The molecular formula is C13H17N. The third-order valence-corrected chi connectivity index (χ3v) is 2.48. The fourth-order valence-corrected chi connectivity index (χ4v) is 1.80. The molecule has 1 aliphatic carbocycles. The molecule has 2 rings (SSSR count). The summed E-state index contributed by atoms with van der Waals surface area (Å²) in [7, 11) is 0. The maximum absolute atomic E-state index is 8.69. The van der Waals surface area contributed by atoms with Gasteiger partial charge in [0.15, 0.2) is 0 Å². The molecule has 0 aliphatic heterocycles. The molecule has 0 bridgehead atoms. The standard InChI is InChI=1S/C11H11N.C2H6/c12-8-9-5-6-10-3-1-2-4-11(10)7-9;1-2/h5-7H,1-4H2;1-2H3. The van der Waals surface area contributed by atoms with Crippen molar-refractivity contribution in [1.29, 1.82) is 5.26 Å². The lowest BCUT2D eigenvalue weighted by molar-refractivity contribution is 0.685. The smallest absolute Gasteiger partial charge is 0.0991 e. The predicted octanol–water partition coefficient (Wildman–Crippen LogP) is 3.46. The Labute approximate surface area is 86.4 Å². The van der Waals surface area contributed by atoms with Crippen LogP contribution in [0.2, 0.25) is 0 Å². The summed E-state index contributed by atoms with van der Waals surface area (Å²) in [5, 5.41) is 8.69. The van der Waals surface area contributed by atoms with Crippen LogP contribution in [0.15, 0.2) is 18.2 Å². The lowest BCUT2D eigenvalue weighted by Gasteiger charge is -2.14. The van der Waals surface area contributed by atoms with Crippen LogP contribution < -0.4 is 0 Å². The van der Waals surface area contributed by atoms with Gasteiger partial charge in [0.2, 0.25) is 0 Å². The second kappa shape index (κ2) is 5.44. The van der Waals surface area contributed by atoms with Crippen LogP contribution in [0.25, 0.3) is 0 Å². The van der Waals surface area contributed by atoms with Gasteiger partial charge in [0.05, 0.1) is 11.6 Å². The van der Waals surface area contributed by atoms with E-state index in [2.05, 4.69) is 12.1 Å². The van der Waals surface area contributed by atoms with Crippen LogP contribution in [0.4, 0.5) is 0 Å². The molecule has 1 aliphatic rings. The van der Waals surface area contributed by atoms with Gasteiger partial charge in [-0.2, -0.15) is 5.26 Å². The molecule has 0 aromatic heterocycles. The third-order valence-electron chi connectivity index (χ3n) is 2.48. The lowest BCUT2D eigenvalue weighted by atomic mass is 9.91. The summed E-state index contributed by atoms with van der Waals surface area (Å²) in [6.07, 6.45) is 4.94. The molecule has 0 unspecified atom stereocenters. The first kappa shape index (κ1) is 10.8. The van der Waals surface area contributed by atoms with Crippen molar-refractivity contribution in [1.82, 2.24) is 0 Å². The number of rotatable bonds is 0. The molecular weight excluding hydrogens is 170 g/mol. The van der Waals surface area contributed by atoms with Crippen LogP contribution in [0.3, 0.4) is 0 Å². The highest BCUT2D eigenvalue weighted by Gasteiger charge is 2.08. The van der Waals surface area contributed by atoms with Gasteiger partial charge in [0.1, 0.15) is 0 Å². The Morgan fingerprint density at radius 1 is 1.07 bits per heavy atom. The Kier molecular flexibility index (Phi) is 4.19. The minimum absolute atomic E-state index is 0.802. The SMILES string of the molecule is CC.N#Cc1ccc2c(c1)CCCC2. The fraction of sp³-hybridized carbons (Fsp3) is 0.462. The highest BCUT2D eigenvalue weighted by Crippen LogP contribution is 2.21. The van der Waals surface area contributed by atoms with Gasteiger partial charge in [-0.05, 0) is 48.9 Å². The van der Waals surface area contributed by atoms with Gasteiger partial charge in [-0.15, -0.1) is 0 Å². The van der Waals surface area contributed by atoms with E-state index in [1.807, 2.05) is 26.0 Å². The van der Waals surface area contributed by atoms with Gasteiger partial charge in [-0.25, -0.2) is 0 Å².